The van der Waals surface area contributed by atoms with Crippen molar-refractivity contribution in [3.05, 3.63) is 36.5 Å². The summed E-state index contributed by atoms with van der Waals surface area (Å²) in [5, 5.41) is 10.9. The standard InChI is InChI=1S/C15H20N2O2/c1-11(9-15(2,18)10-16)19-14-7-3-6-13-12(14)5-4-8-17-13/h3-8,11,18H,9-10,16H2,1-2H3. The van der Waals surface area contributed by atoms with Crippen LogP contribution < -0.4 is 10.5 Å². The summed E-state index contributed by atoms with van der Waals surface area (Å²) in [6, 6.07) is 9.64. The minimum Gasteiger partial charge on any atom is -0.490 e. The van der Waals surface area contributed by atoms with Crippen molar-refractivity contribution in [2.45, 2.75) is 32.0 Å². The van der Waals surface area contributed by atoms with Gasteiger partial charge in [0.25, 0.3) is 0 Å². The molecule has 19 heavy (non-hydrogen) atoms. The Morgan fingerprint density at radius 3 is 2.89 bits per heavy atom. The Morgan fingerprint density at radius 2 is 2.16 bits per heavy atom. The average molecular weight is 260 g/mol. The molecule has 0 fully saturated rings. The summed E-state index contributed by atoms with van der Waals surface area (Å²) in [5.41, 5.74) is 5.52. The lowest BCUT2D eigenvalue weighted by Crippen LogP contribution is -2.38. The van der Waals surface area contributed by atoms with Gasteiger partial charge in [-0.2, -0.15) is 0 Å². The van der Waals surface area contributed by atoms with E-state index in [0.717, 1.165) is 16.7 Å². The molecule has 2 unspecified atom stereocenters. The second kappa shape index (κ2) is 5.55. The molecule has 0 aliphatic heterocycles. The maximum Gasteiger partial charge on any atom is 0.129 e. The van der Waals surface area contributed by atoms with Gasteiger partial charge in [0.1, 0.15) is 5.75 Å². The summed E-state index contributed by atoms with van der Waals surface area (Å²) in [6.45, 7) is 3.87. The number of nitrogens with zero attached hydrogens (tertiary/aromatic N) is 1. The van der Waals surface area contributed by atoms with Crippen molar-refractivity contribution < 1.29 is 9.84 Å². The molecule has 2 aromatic rings. The first-order valence-corrected chi connectivity index (χ1v) is 6.45. The van der Waals surface area contributed by atoms with Crippen molar-refractivity contribution >= 4 is 10.9 Å². The fourth-order valence-corrected chi connectivity index (χ4v) is 2.14. The number of hydrogen-bond donors (Lipinski definition) is 2. The molecular weight excluding hydrogens is 240 g/mol. The third kappa shape index (κ3) is 3.43. The van der Waals surface area contributed by atoms with Gasteiger partial charge in [0, 0.05) is 24.5 Å². The van der Waals surface area contributed by atoms with Crippen molar-refractivity contribution in [2.24, 2.45) is 5.73 Å². The monoisotopic (exact) mass is 260 g/mol. The van der Waals surface area contributed by atoms with Crippen LogP contribution in [0.2, 0.25) is 0 Å². The van der Waals surface area contributed by atoms with E-state index in [9.17, 15) is 5.11 Å². The third-order valence-electron chi connectivity index (χ3n) is 3.10. The van der Waals surface area contributed by atoms with Crippen molar-refractivity contribution in [1.82, 2.24) is 4.98 Å². The van der Waals surface area contributed by atoms with Gasteiger partial charge in [-0.05, 0) is 38.1 Å². The first-order chi connectivity index (χ1) is 9.02. The Kier molecular flexibility index (Phi) is 4.02. The Balaban J connectivity index is 2.17. The van der Waals surface area contributed by atoms with Crippen LogP contribution in [-0.4, -0.2) is 28.3 Å². The number of aliphatic hydroxyl groups is 1. The lowest BCUT2D eigenvalue weighted by Gasteiger charge is -2.25. The van der Waals surface area contributed by atoms with Crippen LogP contribution in [0.5, 0.6) is 5.75 Å². The first-order valence-electron chi connectivity index (χ1n) is 6.45. The lowest BCUT2D eigenvalue weighted by atomic mass is 9.99. The van der Waals surface area contributed by atoms with E-state index in [-0.39, 0.29) is 12.6 Å². The summed E-state index contributed by atoms with van der Waals surface area (Å²) in [4.78, 5) is 4.29. The number of rotatable bonds is 5. The SMILES string of the molecule is CC(CC(C)(O)CN)Oc1cccc2ncccc12. The number of fused-ring (bicyclic) bond motifs is 1. The van der Waals surface area contributed by atoms with Gasteiger partial charge in [-0.3, -0.25) is 4.98 Å². The van der Waals surface area contributed by atoms with Crippen LogP contribution in [0.3, 0.4) is 0 Å². The van der Waals surface area contributed by atoms with Crippen LogP contribution in [-0.2, 0) is 0 Å². The highest BCUT2D eigenvalue weighted by atomic mass is 16.5. The second-order valence-corrected chi connectivity index (χ2v) is 5.16. The third-order valence-corrected chi connectivity index (χ3v) is 3.10. The van der Waals surface area contributed by atoms with E-state index in [1.807, 2.05) is 37.3 Å². The van der Waals surface area contributed by atoms with E-state index >= 15 is 0 Å². The maximum atomic E-state index is 9.97. The van der Waals surface area contributed by atoms with E-state index in [4.69, 9.17) is 10.5 Å². The fourth-order valence-electron chi connectivity index (χ4n) is 2.14. The molecule has 0 radical (unpaired) electrons. The van der Waals surface area contributed by atoms with E-state index in [1.54, 1.807) is 13.1 Å². The van der Waals surface area contributed by atoms with E-state index in [0.29, 0.717) is 6.42 Å². The minimum absolute atomic E-state index is 0.121. The van der Waals surface area contributed by atoms with Gasteiger partial charge < -0.3 is 15.6 Å². The van der Waals surface area contributed by atoms with Crippen LogP contribution in [0.4, 0.5) is 0 Å². The zero-order valence-corrected chi connectivity index (χ0v) is 11.3. The molecule has 3 N–H and O–H groups in total. The highest BCUT2D eigenvalue weighted by Crippen LogP contribution is 2.26. The summed E-state index contributed by atoms with van der Waals surface area (Å²) in [5.74, 6) is 0.783. The molecule has 2 atom stereocenters. The number of benzene rings is 1. The molecule has 1 heterocycles. The Morgan fingerprint density at radius 1 is 1.37 bits per heavy atom. The second-order valence-electron chi connectivity index (χ2n) is 5.16. The number of ether oxygens (including phenoxy) is 1. The molecule has 0 aliphatic rings. The minimum atomic E-state index is -0.901. The predicted octanol–water partition coefficient (Wildman–Crippen LogP) is 2.10. The molecule has 0 aliphatic carbocycles. The van der Waals surface area contributed by atoms with Gasteiger partial charge in [0.2, 0.25) is 0 Å². The van der Waals surface area contributed by atoms with Gasteiger partial charge in [-0.1, -0.05) is 6.07 Å². The predicted molar refractivity (Wildman–Crippen MR) is 76.1 cm³/mol. The molecule has 0 bridgehead atoms. The Bertz CT molecular complexity index is 549. The van der Waals surface area contributed by atoms with Crippen LogP contribution in [0.15, 0.2) is 36.5 Å². The highest BCUT2D eigenvalue weighted by molar-refractivity contribution is 5.84. The van der Waals surface area contributed by atoms with Gasteiger partial charge in [0.05, 0.1) is 17.2 Å². The molecule has 0 spiro atoms. The van der Waals surface area contributed by atoms with E-state index in [2.05, 4.69) is 4.98 Å². The van der Waals surface area contributed by atoms with Crippen molar-refractivity contribution in [3.63, 3.8) is 0 Å². The fraction of sp³-hybridized carbons (Fsp3) is 0.400. The van der Waals surface area contributed by atoms with Gasteiger partial charge in [0.15, 0.2) is 0 Å². The molecule has 102 valence electrons. The molecule has 1 aromatic carbocycles. The number of pyridine rings is 1. The van der Waals surface area contributed by atoms with Crippen molar-refractivity contribution in [1.29, 1.82) is 0 Å². The zero-order chi connectivity index (χ0) is 13.9. The van der Waals surface area contributed by atoms with Gasteiger partial charge >= 0.3 is 0 Å². The molecule has 0 amide bonds. The van der Waals surface area contributed by atoms with Gasteiger partial charge in [-0.15, -0.1) is 0 Å². The van der Waals surface area contributed by atoms with Crippen LogP contribution >= 0.6 is 0 Å². The number of nitrogens with two attached hydrogens (primary N) is 1. The molecule has 4 heteroatoms. The van der Waals surface area contributed by atoms with Crippen LogP contribution in [0, 0.1) is 0 Å². The van der Waals surface area contributed by atoms with Crippen molar-refractivity contribution in [2.75, 3.05) is 6.54 Å². The molecular formula is C15H20N2O2. The highest BCUT2D eigenvalue weighted by Gasteiger charge is 2.22. The largest absolute Gasteiger partial charge is 0.490 e. The summed E-state index contributed by atoms with van der Waals surface area (Å²) in [6.07, 6.45) is 2.12. The van der Waals surface area contributed by atoms with E-state index < -0.39 is 5.60 Å². The quantitative estimate of drug-likeness (QED) is 0.864. The van der Waals surface area contributed by atoms with Gasteiger partial charge in [-0.25, -0.2) is 0 Å². The topological polar surface area (TPSA) is 68.4 Å². The van der Waals surface area contributed by atoms with Crippen LogP contribution in [0.25, 0.3) is 10.9 Å². The molecule has 1 aromatic heterocycles. The van der Waals surface area contributed by atoms with Crippen LogP contribution in [0.1, 0.15) is 20.3 Å². The van der Waals surface area contributed by atoms with E-state index in [1.165, 1.54) is 0 Å². The molecule has 2 rings (SSSR count). The smallest absolute Gasteiger partial charge is 0.129 e. The number of hydrogen-bond acceptors (Lipinski definition) is 4. The van der Waals surface area contributed by atoms with Crippen molar-refractivity contribution in [3.8, 4) is 5.75 Å². The Labute approximate surface area is 113 Å². The summed E-state index contributed by atoms with van der Waals surface area (Å²) in [7, 11) is 0. The Hall–Kier alpha value is -1.65. The normalized spacial score (nSPS) is 16.0. The zero-order valence-electron chi connectivity index (χ0n) is 11.3. The molecule has 4 nitrogen and oxygen atoms in total. The molecule has 0 saturated carbocycles. The molecule has 0 saturated heterocycles. The first kappa shape index (κ1) is 13.8. The maximum absolute atomic E-state index is 9.97. The average Bonchev–Trinajstić information content (AvgIpc) is 2.38. The lowest BCUT2D eigenvalue weighted by molar-refractivity contribution is 0.0241. The summed E-state index contributed by atoms with van der Waals surface area (Å²) >= 11 is 0. The summed E-state index contributed by atoms with van der Waals surface area (Å²) < 4.78 is 5.91. The number of aromatic nitrogens is 1.